The molecule has 0 radical (unpaired) electrons. The van der Waals surface area contributed by atoms with Crippen LogP contribution in [-0.2, 0) is 26.8 Å². The molecule has 1 unspecified atom stereocenters. The summed E-state index contributed by atoms with van der Waals surface area (Å²) in [5.74, 6) is -3.38. The first-order valence-electron chi connectivity index (χ1n) is 12.9. The lowest BCUT2D eigenvalue weighted by Gasteiger charge is -2.38. The van der Waals surface area contributed by atoms with Gasteiger partial charge in [0.25, 0.3) is 0 Å². The van der Waals surface area contributed by atoms with E-state index in [2.05, 4.69) is 4.57 Å². The molecule has 7 nitrogen and oxygen atoms in total. The van der Waals surface area contributed by atoms with Gasteiger partial charge in [-0.3, -0.25) is 4.79 Å². The van der Waals surface area contributed by atoms with E-state index in [1.807, 2.05) is 27.7 Å². The number of piperidine rings is 1. The van der Waals surface area contributed by atoms with Crippen molar-refractivity contribution in [3.63, 3.8) is 0 Å². The Hall–Kier alpha value is -2.07. The molecule has 1 saturated carbocycles. The summed E-state index contributed by atoms with van der Waals surface area (Å²) in [7, 11) is -3.92. The van der Waals surface area contributed by atoms with E-state index in [1.54, 1.807) is 18.2 Å². The molecule has 1 aromatic carbocycles. The molecule has 200 valence electrons. The van der Waals surface area contributed by atoms with Gasteiger partial charge in [-0.05, 0) is 56.2 Å². The molecule has 2 aromatic rings. The van der Waals surface area contributed by atoms with Gasteiger partial charge < -0.3 is 9.67 Å². The number of benzene rings is 1. The first-order chi connectivity index (χ1) is 16.7. The van der Waals surface area contributed by atoms with Crippen molar-refractivity contribution in [2.75, 3.05) is 6.54 Å². The number of aliphatic carboxylic acids is 1. The van der Waals surface area contributed by atoms with Crippen molar-refractivity contribution in [3.8, 4) is 0 Å². The van der Waals surface area contributed by atoms with Crippen LogP contribution in [0.4, 0.5) is 8.78 Å². The van der Waals surface area contributed by atoms with Gasteiger partial charge in [0.1, 0.15) is 5.82 Å². The third-order valence-corrected chi connectivity index (χ3v) is 9.66. The third kappa shape index (κ3) is 5.16. The molecule has 0 bridgehead atoms. The first kappa shape index (κ1) is 27.0. The largest absolute Gasteiger partial charge is 0.481 e. The van der Waals surface area contributed by atoms with Gasteiger partial charge in [-0.1, -0.05) is 27.7 Å². The number of hydrogen-bond donors (Lipinski definition) is 1. The zero-order valence-electron chi connectivity index (χ0n) is 21.5. The third-order valence-electron chi connectivity index (χ3n) is 7.74. The van der Waals surface area contributed by atoms with Gasteiger partial charge in [0, 0.05) is 37.4 Å². The number of nitrogens with zero attached hydrogens (tertiary/aromatic N) is 3. The molecule has 1 saturated heterocycles. The van der Waals surface area contributed by atoms with Crippen LogP contribution in [0.3, 0.4) is 0 Å². The molecular formula is C26H37F2N3O4S. The molecule has 0 amide bonds. The zero-order valence-corrected chi connectivity index (χ0v) is 22.3. The molecule has 2 fully saturated rings. The van der Waals surface area contributed by atoms with Crippen LogP contribution in [0.5, 0.6) is 0 Å². The number of carbonyl (C=O) groups is 1. The highest BCUT2D eigenvalue weighted by Crippen LogP contribution is 2.39. The van der Waals surface area contributed by atoms with Crippen molar-refractivity contribution in [1.82, 2.24) is 13.9 Å². The monoisotopic (exact) mass is 525 g/mol. The van der Waals surface area contributed by atoms with E-state index < -0.39 is 33.9 Å². The average molecular weight is 526 g/mol. The summed E-state index contributed by atoms with van der Waals surface area (Å²) in [4.78, 5) is 16.7. The van der Waals surface area contributed by atoms with E-state index in [0.29, 0.717) is 44.2 Å². The number of carboxylic acids is 1. The number of rotatable bonds is 6. The van der Waals surface area contributed by atoms with Crippen LogP contribution in [0.1, 0.15) is 78.5 Å². The predicted molar refractivity (Wildman–Crippen MR) is 134 cm³/mol. The van der Waals surface area contributed by atoms with E-state index in [4.69, 9.17) is 4.98 Å². The Morgan fingerprint density at radius 2 is 1.86 bits per heavy atom. The highest BCUT2D eigenvalue weighted by atomic mass is 32.2. The van der Waals surface area contributed by atoms with Gasteiger partial charge in [-0.15, -0.1) is 0 Å². The first-order valence-corrected chi connectivity index (χ1v) is 14.3. The molecule has 10 heteroatoms. The number of hydrogen-bond acceptors (Lipinski definition) is 4. The van der Waals surface area contributed by atoms with Crippen molar-refractivity contribution in [3.05, 3.63) is 24.0 Å². The normalized spacial score (nSPS) is 24.3. The molecule has 2 heterocycles. The van der Waals surface area contributed by atoms with Gasteiger partial charge >= 0.3 is 5.97 Å². The van der Waals surface area contributed by atoms with Crippen LogP contribution < -0.4 is 0 Å². The van der Waals surface area contributed by atoms with Crippen LogP contribution in [0.15, 0.2) is 23.1 Å². The highest BCUT2D eigenvalue weighted by molar-refractivity contribution is 7.89. The van der Waals surface area contributed by atoms with Gasteiger partial charge in [-0.25, -0.2) is 22.2 Å². The number of fused-ring (bicyclic) bond motifs is 1. The maximum atomic E-state index is 13.7. The second kappa shape index (κ2) is 9.67. The van der Waals surface area contributed by atoms with Crippen LogP contribution >= 0.6 is 0 Å². The fourth-order valence-corrected chi connectivity index (χ4v) is 7.60. The van der Waals surface area contributed by atoms with Crippen molar-refractivity contribution < 1.29 is 27.1 Å². The quantitative estimate of drug-likeness (QED) is 0.543. The Morgan fingerprint density at radius 3 is 2.44 bits per heavy atom. The summed E-state index contributed by atoms with van der Waals surface area (Å²) in [6.07, 6.45) is 2.06. The Balaban J connectivity index is 1.71. The molecule has 1 aliphatic heterocycles. The van der Waals surface area contributed by atoms with Crippen molar-refractivity contribution in [2.45, 2.75) is 101 Å². The molecule has 1 aliphatic carbocycles. The molecule has 1 aromatic heterocycles. The van der Waals surface area contributed by atoms with Gasteiger partial charge in [-0.2, -0.15) is 4.31 Å². The van der Waals surface area contributed by atoms with E-state index in [-0.39, 0.29) is 35.6 Å². The van der Waals surface area contributed by atoms with Gasteiger partial charge in [0.05, 0.1) is 21.8 Å². The predicted octanol–water partition coefficient (Wildman–Crippen LogP) is 5.42. The average Bonchev–Trinajstić information content (AvgIpc) is 3.18. The lowest BCUT2D eigenvalue weighted by atomic mass is 9.86. The molecule has 2 atom stereocenters. The molecule has 36 heavy (non-hydrogen) atoms. The lowest BCUT2D eigenvalue weighted by Crippen LogP contribution is -2.50. The van der Waals surface area contributed by atoms with Crippen LogP contribution in [0.25, 0.3) is 11.0 Å². The van der Waals surface area contributed by atoms with Crippen molar-refractivity contribution >= 4 is 27.0 Å². The Morgan fingerprint density at radius 1 is 1.19 bits per heavy atom. The maximum absolute atomic E-state index is 13.7. The number of alkyl halides is 2. The fourth-order valence-electron chi connectivity index (χ4n) is 5.80. The van der Waals surface area contributed by atoms with Crippen molar-refractivity contribution in [2.24, 2.45) is 11.8 Å². The van der Waals surface area contributed by atoms with Gasteiger partial charge in [0.2, 0.25) is 15.9 Å². The van der Waals surface area contributed by atoms with Gasteiger partial charge in [0.15, 0.2) is 0 Å². The highest BCUT2D eigenvalue weighted by Gasteiger charge is 2.41. The van der Waals surface area contributed by atoms with Crippen LogP contribution in [-0.4, -0.2) is 51.9 Å². The minimum Gasteiger partial charge on any atom is -0.481 e. The zero-order chi connectivity index (χ0) is 26.5. The summed E-state index contributed by atoms with van der Waals surface area (Å²) in [5, 5.41) is 9.63. The van der Waals surface area contributed by atoms with E-state index in [1.165, 1.54) is 4.31 Å². The van der Waals surface area contributed by atoms with E-state index >= 15 is 0 Å². The topological polar surface area (TPSA) is 92.5 Å². The molecular weight excluding hydrogens is 488 g/mol. The van der Waals surface area contributed by atoms with Crippen molar-refractivity contribution in [1.29, 1.82) is 0 Å². The Kier molecular flexibility index (Phi) is 7.24. The summed E-state index contributed by atoms with van der Waals surface area (Å²) >= 11 is 0. The molecule has 2 aliphatic rings. The number of halogens is 2. The maximum Gasteiger partial charge on any atom is 0.308 e. The summed E-state index contributed by atoms with van der Waals surface area (Å²) in [5.41, 5.74) is 0.998. The number of aromatic nitrogens is 2. The van der Waals surface area contributed by atoms with E-state index in [0.717, 1.165) is 11.3 Å². The SMILES string of the molecule is CCC1[C@@H](C(=O)O)CCCN1S(=O)(=O)c1ccc2c(c1)nc(C(C)(C)C)n2CC1CCC(F)(F)CC1. The standard InChI is InChI=1S/C26H37F2N3O4S/c1-5-21-19(23(32)33)7-6-14-31(21)36(34,35)18-8-9-22-20(15-18)29-24(25(2,3)4)30(22)16-17-10-12-26(27,28)13-11-17/h8-9,15,17,19,21H,5-7,10-14,16H2,1-4H3,(H,32,33)/t19-,21?/m0/s1. The number of carboxylic acid groups (broad SMARTS) is 1. The van der Waals surface area contributed by atoms with Crippen LogP contribution in [0.2, 0.25) is 0 Å². The summed E-state index contributed by atoms with van der Waals surface area (Å²) in [6, 6.07) is 4.29. The smallest absolute Gasteiger partial charge is 0.308 e. The Bertz CT molecular complexity index is 1230. The molecule has 4 rings (SSSR count). The Labute approximate surface area is 211 Å². The fraction of sp³-hybridized carbons (Fsp3) is 0.692. The summed E-state index contributed by atoms with van der Waals surface area (Å²) < 4.78 is 58.1. The molecule has 0 spiro atoms. The van der Waals surface area contributed by atoms with Crippen LogP contribution in [0, 0.1) is 11.8 Å². The summed E-state index contributed by atoms with van der Waals surface area (Å²) in [6.45, 7) is 8.76. The lowest BCUT2D eigenvalue weighted by molar-refractivity contribution is -0.144. The van der Waals surface area contributed by atoms with E-state index in [9.17, 15) is 27.1 Å². The minimum absolute atomic E-state index is 0.0990. The second-order valence-corrected chi connectivity index (χ2v) is 13.3. The minimum atomic E-state index is -3.92. The second-order valence-electron chi connectivity index (χ2n) is 11.4. The molecule has 1 N–H and O–H groups in total. The number of imidazole rings is 1. The number of sulfonamides is 1.